The Morgan fingerprint density at radius 3 is 2.52 bits per heavy atom. The topological polar surface area (TPSA) is 56.0 Å². The second kappa shape index (κ2) is 5.55. The van der Waals surface area contributed by atoms with E-state index in [-0.39, 0.29) is 5.69 Å². The first kappa shape index (κ1) is 15.0. The first-order chi connectivity index (χ1) is 9.79. The van der Waals surface area contributed by atoms with Crippen LogP contribution >= 0.6 is 0 Å². The summed E-state index contributed by atoms with van der Waals surface area (Å²) in [5.74, 6) is -1.75. The second-order valence-corrected chi connectivity index (χ2v) is 4.72. The average molecular weight is 294 g/mol. The molecule has 1 aromatic carbocycles. The number of alkyl halides is 3. The number of rotatable bonds is 3. The van der Waals surface area contributed by atoms with Gasteiger partial charge in [-0.25, -0.2) is 0 Å². The molecule has 0 spiro atoms. The van der Waals surface area contributed by atoms with Crippen molar-refractivity contribution in [2.24, 2.45) is 5.73 Å². The number of primary amides is 1. The maximum Gasteiger partial charge on any atom is 0.416 e. The first-order valence-electron chi connectivity index (χ1n) is 6.18. The van der Waals surface area contributed by atoms with Crippen molar-refractivity contribution in [3.8, 4) is 0 Å². The summed E-state index contributed by atoms with van der Waals surface area (Å²) in [5, 5.41) is 0. The molecule has 1 aromatic heterocycles. The molecule has 0 fully saturated rings. The number of nitrogens with two attached hydrogens (primary N) is 1. The normalized spacial score (nSPS) is 13.0. The van der Waals surface area contributed by atoms with Gasteiger partial charge in [-0.3, -0.25) is 9.78 Å². The van der Waals surface area contributed by atoms with Gasteiger partial charge in [0.1, 0.15) is 5.92 Å². The first-order valence-corrected chi connectivity index (χ1v) is 6.18. The van der Waals surface area contributed by atoms with E-state index in [9.17, 15) is 18.0 Å². The molecule has 2 aromatic rings. The fourth-order valence-electron chi connectivity index (χ4n) is 2.11. The Morgan fingerprint density at radius 2 is 1.95 bits per heavy atom. The van der Waals surface area contributed by atoms with Gasteiger partial charge in [0, 0.05) is 6.20 Å². The Morgan fingerprint density at radius 1 is 1.24 bits per heavy atom. The Balaban J connectivity index is 2.52. The van der Waals surface area contributed by atoms with Gasteiger partial charge in [-0.05, 0) is 24.6 Å². The number of hydrogen-bond acceptors (Lipinski definition) is 2. The van der Waals surface area contributed by atoms with Crippen LogP contribution in [0.1, 0.15) is 28.3 Å². The van der Waals surface area contributed by atoms with E-state index in [4.69, 9.17) is 5.73 Å². The number of aryl methyl sites for hydroxylation is 1. The number of nitrogens with zero attached hydrogens (tertiary/aromatic N) is 1. The highest BCUT2D eigenvalue weighted by atomic mass is 19.4. The number of benzene rings is 1. The lowest BCUT2D eigenvalue weighted by atomic mass is 9.92. The van der Waals surface area contributed by atoms with E-state index in [1.807, 2.05) is 13.0 Å². The monoisotopic (exact) mass is 294 g/mol. The van der Waals surface area contributed by atoms with Crippen LogP contribution in [-0.4, -0.2) is 10.9 Å². The van der Waals surface area contributed by atoms with Crippen molar-refractivity contribution < 1.29 is 18.0 Å². The van der Waals surface area contributed by atoms with E-state index in [2.05, 4.69) is 4.98 Å². The van der Waals surface area contributed by atoms with Gasteiger partial charge in [0.2, 0.25) is 5.91 Å². The minimum absolute atomic E-state index is 0.0112. The highest BCUT2D eigenvalue weighted by Crippen LogP contribution is 2.32. The highest BCUT2D eigenvalue weighted by molar-refractivity contribution is 5.85. The van der Waals surface area contributed by atoms with Gasteiger partial charge < -0.3 is 5.73 Å². The molecule has 2 N–H and O–H groups in total. The van der Waals surface area contributed by atoms with Crippen molar-refractivity contribution in [3.05, 3.63) is 65.0 Å². The fraction of sp³-hybridized carbons (Fsp3) is 0.200. The summed E-state index contributed by atoms with van der Waals surface area (Å²) < 4.78 is 38.3. The van der Waals surface area contributed by atoms with Crippen LogP contribution in [0, 0.1) is 6.92 Å². The molecular weight excluding hydrogens is 281 g/mol. The zero-order chi connectivity index (χ0) is 15.6. The number of aromatic nitrogens is 1. The molecule has 1 unspecified atom stereocenters. The number of carbonyl (C=O) groups is 1. The van der Waals surface area contributed by atoms with Gasteiger partial charge in [-0.15, -0.1) is 0 Å². The van der Waals surface area contributed by atoms with E-state index in [1.165, 1.54) is 0 Å². The molecule has 0 aliphatic carbocycles. The van der Waals surface area contributed by atoms with Crippen molar-refractivity contribution in [1.82, 2.24) is 4.98 Å². The average Bonchev–Trinajstić information content (AvgIpc) is 2.38. The predicted molar refractivity (Wildman–Crippen MR) is 71.5 cm³/mol. The van der Waals surface area contributed by atoms with Crippen molar-refractivity contribution in [2.45, 2.75) is 19.0 Å². The largest absolute Gasteiger partial charge is 0.416 e. The van der Waals surface area contributed by atoms with Crippen LogP contribution in [0.2, 0.25) is 0 Å². The summed E-state index contributed by atoms with van der Waals surface area (Å²) >= 11 is 0. The van der Waals surface area contributed by atoms with Gasteiger partial charge >= 0.3 is 6.18 Å². The molecule has 0 radical (unpaired) electrons. The van der Waals surface area contributed by atoms with E-state index < -0.39 is 23.6 Å². The summed E-state index contributed by atoms with van der Waals surface area (Å²) in [6.45, 7) is 1.82. The lowest BCUT2D eigenvalue weighted by Gasteiger charge is -2.15. The van der Waals surface area contributed by atoms with Crippen LogP contribution in [0.4, 0.5) is 13.2 Å². The summed E-state index contributed by atoms with van der Waals surface area (Å²) in [7, 11) is 0. The Kier molecular flexibility index (Phi) is 3.97. The smallest absolute Gasteiger partial charge is 0.369 e. The fourth-order valence-corrected chi connectivity index (χ4v) is 2.11. The van der Waals surface area contributed by atoms with Gasteiger partial charge in [0.15, 0.2) is 0 Å². The van der Waals surface area contributed by atoms with Gasteiger partial charge in [-0.2, -0.15) is 13.2 Å². The number of pyridine rings is 1. The quantitative estimate of drug-likeness (QED) is 0.946. The number of halogens is 3. The summed E-state index contributed by atoms with van der Waals surface area (Å²) in [6, 6.07) is 8.60. The zero-order valence-corrected chi connectivity index (χ0v) is 11.2. The third-order valence-corrected chi connectivity index (χ3v) is 3.06. The standard InChI is InChI=1S/C15H13F3N2O/c1-9-3-2-4-10(7-9)13(14(19)21)12-8-11(5-6-20-12)15(16,17)18/h2-8,13H,1H3,(H2,19,21). The third-order valence-electron chi connectivity index (χ3n) is 3.06. The second-order valence-electron chi connectivity index (χ2n) is 4.72. The van der Waals surface area contributed by atoms with E-state index in [0.29, 0.717) is 5.56 Å². The molecular formula is C15H13F3N2O. The number of hydrogen-bond donors (Lipinski definition) is 1. The highest BCUT2D eigenvalue weighted by Gasteiger charge is 2.32. The molecule has 0 bridgehead atoms. The number of amides is 1. The molecule has 0 saturated carbocycles. The van der Waals surface area contributed by atoms with Crippen LogP contribution < -0.4 is 5.73 Å². The minimum atomic E-state index is -4.49. The Bertz CT molecular complexity index is 668. The molecule has 1 amide bonds. The Labute approximate surface area is 119 Å². The van der Waals surface area contributed by atoms with Crippen LogP contribution in [0.15, 0.2) is 42.6 Å². The van der Waals surface area contributed by atoms with E-state index in [1.54, 1.807) is 18.2 Å². The summed E-state index contributed by atoms with van der Waals surface area (Å²) in [4.78, 5) is 15.6. The van der Waals surface area contributed by atoms with Crippen LogP contribution in [0.3, 0.4) is 0 Å². The molecule has 110 valence electrons. The lowest BCUT2D eigenvalue weighted by molar-refractivity contribution is -0.137. The third kappa shape index (κ3) is 3.39. The summed E-state index contributed by atoms with van der Waals surface area (Å²) in [5.41, 5.74) is 5.89. The summed E-state index contributed by atoms with van der Waals surface area (Å²) in [6.07, 6.45) is -3.46. The molecule has 6 heteroatoms. The van der Waals surface area contributed by atoms with Crippen molar-refractivity contribution in [3.63, 3.8) is 0 Å². The van der Waals surface area contributed by atoms with Gasteiger partial charge in [0.05, 0.1) is 11.3 Å². The predicted octanol–water partition coefficient (Wildman–Crippen LogP) is 3.03. The number of carbonyl (C=O) groups excluding carboxylic acids is 1. The lowest BCUT2D eigenvalue weighted by Crippen LogP contribution is -2.24. The van der Waals surface area contributed by atoms with Gasteiger partial charge in [0.25, 0.3) is 0 Å². The maximum atomic E-state index is 12.8. The van der Waals surface area contributed by atoms with Crippen molar-refractivity contribution >= 4 is 5.91 Å². The molecule has 1 atom stereocenters. The van der Waals surface area contributed by atoms with Gasteiger partial charge in [-0.1, -0.05) is 29.8 Å². The van der Waals surface area contributed by atoms with E-state index in [0.717, 1.165) is 23.9 Å². The molecule has 3 nitrogen and oxygen atoms in total. The van der Waals surface area contributed by atoms with Crippen LogP contribution in [-0.2, 0) is 11.0 Å². The van der Waals surface area contributed by atoms with Crippen LogP contribution in [0.5, 0.6) is 0 Å². The minimum Gasteiger partial charge on any atom is -0.369 e. The zero-order valence-electron chi connectivity index (χ0n) is 11.2. The SMILES string of the molecule is Cc1cccc(C(C(N)=O)c2cc(C(F)(F)F)ccn2)c1. The van der Waals surface area contributed by atoms with Crippen molar-refractivity contribution in [2.75, 3.05) is 0 Å². The Hall–Kier alpha value is -2.37. The molecule has 21 heavy (non-hydrogen) atoms. The van der Waals surface area contributed by atoms with Crippen molar-refractivity contribution in [1.29, 1.82) is 0 Å². The molecule has 0 aliphatic heterocycles. The molecule has 2 rings (SSSR count). The molecule has 0 saturated heterocycles. The molecule has 1 heterocycles. The maximum absolute atomic E-state index is 12.8. The van der Waals surface area contributed by atoms with Crippen LogP contribution in [0.25, 0.3) is 0 Å². The molecule has 0 aliphatic rings. The van der Waals surface area contributed by atoms with E-state index >= 15 is 0 Å².